The highest BCUT2D eigenvalue weighted by Crippen LogP contribution is 2.31. The smallest absolute Gasteiger partial charge is 0.333 e. The van der Waals surface area contributed by atoms with Gasteiger partial charge in [0.1, 0.15) is 5.54 Å². The van der Waals surface area contributed by atoms with Gasteiger partial charge in [-0.2, -0.15) is 5.10 Å². The van der Waals surface area contributed by atoms with Gasteiger partial charge in [0.25, 0.3) is 0 Å². The summed E-state index contributed by atoms with van der Waals surface area (Å²) in [5.41, 5.74) is 9.62. The van der Waals surface area contributed by atoms with E-state index in [4.69, 9.17) is 10.5 Å². The molecule has 0 saturated carbocycles. The summed E-state index contributed by atoms with van der Waals surface area (Å²) >= 11 is 0. The van der Waals surface area contributed by atoms with Gasteiger partial charge in [-0.05, 0) is 51.0 Å². The number of amides is 1. The quantitative estimate of drug-likeness (QED) is 0.366. The standard InChI is InChI=1S/C27H29N7O3/c1-6-27(4,25(28)35)33-15-22(16(3)31-33)34-24-19-12-17(18-9-11-23(30-13-18)37-7-2)8-10-20(19)29-14-21(24)32(5)26(34)36/h8-15H,6-7H2,1-5H3,(H2,28,35). The van der Waals surface area contributed by atoms with E-state index in [1.54, 1.807) is 46.4 Å². The van der Waals surface area contributed by atoms with Gasteiger partial charge in [0.2, 0.25) is 11.8 Å². The maximum absolute atomic E-state index is 13.5. The first-order valence-electron chi connectivity index (χ1n) is 12.2. The lowest BCUT2D eigenvalue weighted by atomic mass is 9.99. The Bertz CT molecular complexity index is 1710. The fourth-order valence-corrected chi connectivity index (χ4v) is 4.56. The van der Waals surface area contributed by atoms with Gasteiger partial charge < -0.3 is 10.5 Å². The summed E-state index contributed by atoms with van der Waals surface area (Å²) in [5.74, 6) is 0.0769. The summed E-state index contributed by atoms with van der Waals surface area (Å²) in [7, 11) is 1.72. The largest absolute Gasteiger partial charge is 0.478 e. The first-order valence-corrected chi connectivity index (χ1v) is 12.2. The predicted molar refractivity (Wildman–Crippen MR) is 142 cm³/mol. The third kappa shape index (κ3) is 3.76. The zero-order chi connectivity index (χ0) is 26.5. The summed E-state index contributed by atoms with van der Waals surface area (Å²) in [4.78, 5) is 34.8. The molecule has 5 rings (SSSR count). The Morgan fingerprint density at radius 3 is 2.51 bits per heavy atom. The zero-order valence-electron chi connectivity index (χ0n) is 21.5. The Morgan fingerprint density at radius 2 is 1.86 bits per heavy atom. The molecule has 0 radical (unpaired) electrons. The molecule has 0 fully saturated rings. The number of benzene rings is 1. The van der Waals surface area contributed by atoms with E-state index in [-0.39, 0.29) is 5.69 Å². The highest BCUT2D eigenvalue weighted by Gasteiger charge is 2.33. The van der Waals surface area contributed by atoms with Crippen molar-refractivity contribution in [3.8, 4) is 22.7 Å². The van der Waals surface area contributed by atoms with Crippen LogP contribution < -0.4 is 16.2 Å². The van der Waals surface area contributed by atoms with Crippen LogP contribution in [-0.2, 0) is 17.4 Å². The van der Waals surface area contributed by atoms with Crippen LogP contribution in [0.1, 0.15) is 32.9 Å². The van der Waals surface area contributed by atoms with Crippen molar-refractivity contribution in [2.75, 3.05) is 6.61 Å². The fraction of sp³-hybridized carbons (Fsp3) is 0.296. The summed E-state index contributed by atoms with van der Waals surface area (Å²) in [6.07, 6.45) is 5.64. The number of nitrogens with two attached hydrogens (primary N) is 1. The average molecular weight is 500 g/mol. The summed E-state index contributed by atoms with van der Waals surface area (Å²) in [6.45, 7) is 7.90. The zero-order valence-corrected chi connectivity index (χ0v) is 21.5. The first-order chi connectivity index (χ1) is 17.7. The number of aryl methyl sites for hydroxylation is 2. The van der Waals surface area contributed by atoms with Crippen molar-refractivity contribution < 1.29 is 9.53 Å². The molecule has 2 N–H and O–H groups in total. The molecule has 5 aromatic rings. The normalized spacial score (nSPS) is 13.2. The van der Waals surface area contributed by atoms with Crippen LogP contribution in [0.25, 0.3) is 38.8 Å². The molecule has 37 heavy (non-hydrogen) atoms. The number of fused-ring (bicyclic) bond motifs is 3. The van der Waals surface area contributed by atoms with Crippen molar-refractivity contribution in [2.24, 2.45) is 12.8 Å². The Hall–Kier alpha value is -4.47. The molecule has 4 heterocycles. The molecule has 0 spiro atoms. The Balaban J connectivity index is 1.76. The summed E-state index contributed by atoms with van der Waals surface area (Å²) in [5, 5.41) is 5.40. The van der Waals surface area contributed by atoms with Gasteiger partial charge in [-0.25, -0.2) is 9.78 Å². The molecule has 0 aliphatic rings. The van der Waals surface area contributed by atoms with Gasteiger partial charge in [-0.15, -0.1) is 0 Å². The van der Waals surface area contributed by atoms with E-state index < -0.39 is 11.4 Å². The van der Waals surface area contributed by atoms with E-state index in [9.17, 15) is 9.59 Å². The van der Waals surface area contributed by atoms with Crippen molar-refractivity contribution in [2.45, 2.75) is 39.7 Å². The topological polar surface area (TPSA) is 123 Å². The van der Waals surface area contributed by atoms with Crippen LogP contribution in [0.4, 0.5) is 0 Å². The number of primary amides is 1. The molecule has 0 aliphatic heterocycles. The average Bonchev–Trinajstić information content (AvgIpc) is 3.40. The summed E-state index contributed by atoms with van der Waals surface area (Å²) < 4.78 is 10.2. The minimum Gasteiger partial charge on any atom is -0.478 e. The molecule has 10 nitrogen and oxygen atoms in total. The van der Waals surface area contributed by atoms with Crippen molar-refractivity contribution in [3.63, 3.8) is 0 Å². The molecular weight excluding hydrogens is 470 g/mol. The van der Waals surface area contributed by atoms with Crippen LogP contribution in [0.15, 0.2) is 53.7 Å². The fourth-order valence-electron chi connectivity index (χ4n) is 4.56. The van der Waals surface area contributed by atoms with Crippen LogP contribution >= 0.6 is 0 Å². The molecule has 0 aliphatic carbocycles. The number of carbonyl (C=O) groups is 1. The minimum absolute atomic E-state index is 0.239. The monoisotopic (exact) mass is 499 g/mol. The molecule has 0 saturated heterocycles. The van der Waals surface area contributed by atoms with Gasteiger partial charge in [-0.3, -0.25) is 23.6 Å². The van der Waals surface area contributed by atoms with Crippen molar-refractivity contribution in [3.05, 3.63) is 65.1 Å². The van der Waals surface area contributed by atoms with Crippen LogP contribution in [0.3, 0.4) is 0 Å². The molecular formula is C27H29N7O3. The second kappa shape index (κ2) is 8.88. The molecule has 10 heteroatoms. The highest BCUT2D eigenvalue weighted by molar-refractivity contribution is 6.04. The maximum atomic E-state index is 13.5. The van der Waals surface area contributed by atoms with E-state index in [0.29, 0.717) is 41.3 Å². The molecule has 190 valence electrons. The van der Waals surface area contributed by atoms with E-state index in [1.807, 2.05) is 51.1 Å². The Morgan fingerprint density at radius 1 is 1.11 bits per heavy atom. The molecule has 4 aromatic heterocycles. The number of ether oxygens (including phenoxy) is 1. The third-order valence-electron chi connectivity index (χ3n) is 7.08. The van der Waals surface area contributed by atoms with Gasteiger partial charge in [-0.1, -0.05) is 13.0 Å². The number of rotatable bonds is 7. The van der Waals surface area contributed by atoms with E-state index in [1.165, 1.54) is 0 Å². The van der Waals surface area contributed by atoms with Crippen molar-refractivity contribution in [1.29, 1.82) is 0 Å². The van der Waals surface area contributed by atoms with E-state index in [2.05, 4.69) is 15.1 Å². The number of hydrogen-bond acceptors (Lipinski definition) is 6. The van der Waals surface area contributed by atoms with Crippen LogP contribution in [0.5, 0.6) is 5.88 Å². The van der Waals surface area contributed by atoms with Crippen molar-refractivity contribution >= 4 is 27.8 Å². The Labute approximate surface area is 213 Å². The van der Waals surface area contributed by atoms with Crippen molar-refractivity contribution in [1.82, 2.24) is 28.9 Å². The molecule has 1 aromatic carbocycles. The van der Waals surface area contributed by atoms with Gasteiger partial charge in [0.15, 0.2) is 0 Å². The predicted octanol–water partition coefficient (Wildman–Crippen LogP) is 3.45. The molecule has 1 unspecified atom stereocenters. The second-order valence-corrected chi connectivity index (χ2v) is 9.26. The van der Waals surface area contributed by atoms with E-state index >= 15 is 0 Å². The van der Waals surface area contributed by atoms with E-state index in [0.717, 1.165) is 22.0 Å². The summed E-state index contributed by atoms with van der Waals surface area (Å²) in [6, 6.07) is 9.71. The second-order valence-electron chi connectivity index (χ2n) is 9.26. The minimum atomic E-state index is -1.02. The SMILES string of the molecule is CCOc1ccc(-c2ccc3ncc4c(c3c2)n(-c2cn(C(C)(CC)C(N)=O)nc2C)c(=O)n4C)cn1. The highest BCUT2D eigenvalue weighted by atomic mass is 16.5. The number of aromatic nitrogens is 6. The Kier molecular flexibility index (Phi) is 5.82. The lowest BCUT2D eigenvalue weighted by Crippen LogP contribution is -2.43. The number of imidazole rings is 1. The van der Waals surface area contributed by atoms with Gasteiger partial charge in [0.05, 0.1) is 46.9 Å². The van der Waals surface area contributed by atoms with Crippen LogP contribution in [0.2, 0.25) is 0 Å². The number of hydrogen-bond donors (Lipinski definition) is 1. The molecule has 1 amide bonds. The lowest BCUT2D eigenvalue weighted by molar-refractivity contribution is -0.126. The number of carbonyl (C=O) groups excluding carboxylic acids is 1. The number of pyridine rings is 2. The third-order valence-corrected chi connectivity index (χ3v) is 7.08. The molecule has 1 atom stereocenters. The van der Waals surface area contributed by atoms with Gasteiger partial charge in [0, 0.05) is 30.3 Å². The lowest BCUT2D eigenvalue weighted by Gasteiger charge is -2.24. The maximum Gasteiger partial charge on any atom is 0.333 e. The van der Waals surface area contributed by atoms with Crippen LogP contribution in [0, 0.1) is 6.92 Å². The van der Waals surface area contributed by atoms with Crippen LogP contribution in [-0.4, -0.2) is 41.4 Å². The first kappa shape index (κ1) is 24.2. The molecule has 0 bridgehead atoms. The number of nitrogens with zero attached hydrogens (tertiary/aromatic N) is 6. The van der Waals surface area contributed by atoms with Gasteiger partial charge >= 0.3 is 5.69 Å².